The summed E-state index contributed by atoms with van der Waals surface area (Å²) in [5.74, 6) is 0.348. The summed E-state index contributed by atoms with van der Waals surface area (Å²) in [4.78, 5) is 10.5. The molecule has 2 rings (SSSR count). The van der Waals surface area contributed by atoms with Gasteiger partial charge >= 0.3 is 6.16 Å². The summed E-state index contributed by atoms with van der Waals surface area (Å²) in [6.07, 6.45) is -1.30. The van der Waals surface area contributed by atoms with Crippen LogP contribution >= 0.6 is 0 Å². The quantitative estimate of drug-likeness (QED) is 0.615. The van der Waals surface area contributed by atoms with Crippen molar-refractivity contribution in [1.82, 2.24) is 0 Å². The molecule has 0 saturated heterocycles. The molecule has 0 aliphatic heterocycles. The molecule has 0 radical (unpaired) electrons. The van der Waals surface area contributed by atoms with Gasteiger partial charge in [-0.05, 0) is 11.6 Å². The largest absolute Gasteiger partial charge is 0.511 e. The first kappa shape index (κ1) is 10.2. The van der Waals surface area contributed by atoms with E-state index < -0.39 is 6.16 Å². The molecule has 3 nitrogen and oxygen atoms in total. The minimum absolute atomic E-state index is 0.348. The van der Waals surface area contributed by atoms with Gasteiger partial charge in [0.2, 0.25) is 0 Å². The molecule has 2 aromatic rings. The van der Waals surface area contributed by atoms with Crippen molar-refractivity contribution >= 4 is 6.16 Å². The highest BCUT2D eigenvalue weighted by atomic mass is 16.7. The first-order valence-electron chi connectivity index (χ1n) is 4.82. The Morgan fingerprint density at radius 1 is 0.938 bits per heavy atom. The predicted octanol–water partition coefficient (Wildman–Crippen LogP) is 3.41. The Labute approximate surface area is 92.9 Å². The van der Waals surface area contributed by atoms with Gasteiger partial charge in [0.05, 0.1) is 0 Å². The fraction of sp³-hybridized carbons (Fsp3) is 0. The maximum absolute atomic E-state index is 10.5. The van der Waals surface area contributed by atoms with Crippen LogP contribution in [0.2, 0.25) is 0 Å². The van der Waals surface area contributed by atoms with Gasteiger partial charge in [-0.1, -0.05) is 48.5 Å². The van der Waals surface area contributed by atoms with Gasteiger partial charge in [0, 0.05) is 5.56 Å². The second kappa shape index (κ2) is 4.49. The van der Waals surface area contributed by atoms with Gasteiger partial charge < -0.3 is 9.84 Å². The molecule has 0 aromatic heterocycles. The van der Waals surface area contributed by atoms with E-state index in [1.54, 1.807) is 12.1 Å². The van der Waals surface area contributed by atoms with E-state index in [4.69, 9.17) is 9.84 Å². The molecule has 0 spiro atoms. The summed E-state index contributed by atoms with van der Waals surface area (Å²) in [6.45, 7) is 0. The van der Waals surface area contributed by atoms with Gasteiger partial charge in [-0.25, -0.2) is 4.79 Å². The van der Waals surface area contributed by atoms with Crippen molar-refractivity contribution in [2.24, 2.45) is 0 Å². The molecule has 0 unspecified atom stereocenters. The number of hydrogen-bond donors (Lipinski definition) is 1. The Morgan fingerprint density at radius 2 is 1.56 bits per heavy atom. The van der Waals surface area contributed by atoms with Crippen molar-refractivity contribution < 1.29 is 14.6 Å². The van der Waals surface area contributed by atoms with Crippen LogP contribution in [-0.2, 0) is 0 Å². The van der Waals surface area contributed by atoms with E-state index in [-0.39, 0.29) is 0 Å². The molecule has 80 valence electrons. The second-order valence-electron chi connectivity index (χ2n) is 3.23. The zero-order valence-electron chi connectivity index (χ0n) is 8.46. The summed E-state index contributed by atoms with van der Waals surface area (Å²) in [5.41, 5.74) is 1.70. The Hall–Kier alpha value is -2.29. The summed E-state index contributed by atoms with van der Waals surface area (Å²) in [6, 6.07) is 16.6. The third-order valence-corrected chi connectivity index (χ3v) is 2.17. The Bertz CT molecular complexity index is 492. The van der Waals surface area contributed by atoms with Crippen LogP contribution in [0.3, 0.4) is 0 Å². The maximum Gasteiger partial charge on any atom is 0.511 e. The lowest BCUT2D eigenvalue weighted by Gasteiger charge is -2.07. The minimum Gasteiger partial charge on any atom is -0.449 e. The van der Waals surface area contributed by atoms with Crippen LogP contribution in [0.25, 0.3) is 11.1 Å². The number of ether oxygens (including phenoxy) is 1. The molecule has 0 saturated carbocycles. The van der Waals surface area contributed by atoms with E-state index in [1.807, 2.05) is 42.5 Å². The molecule has 16 heavy (non-hydrogen) atoms. The van der Waals surface area contributed by atoms with Crippen molar-refractivity contribution in [2.75, 3.05) is 0 Å². The Balaban J connectivity index is 2.44. The molecule has 2 aromatic carbocycles. The molecular formula is C13H10O3. The molecule has 0 atom stereocenters. The van der Waals surface area contributed by atoms with Crippen LogP contribution in [0.15, 0.2) is 54.6 Å². The van der Waals surface area contributed by atoms with Crippen LogP contribution in [0.1, 0.15) is 0 Å². The molecule has 0 aliphatic rings. The number of hydrogen-bond acceptors (Lipinski definition) is 2. The first-order valence-corrected chi connectivity index (χ1v) is 4.82. The summed E-state index contributed by atoms with van der Waals surface area (Å²) in [5, 5.41) is 8.62. The highest BCUT2D eigenvalue weighted by Gasteiger charge is 2.08. The van der Waals surface area contributed by atoms with E-state index in [0.717, 1.165) is 11.1 Å². The summed E-state index contributed by atoms with van der Waals surface area (Å²) in [7, 11) is 0. The maximum atomic E-state index is 10.5. The van der Waals surface area contributed by atoms with Crippen LogP contribution in [0.5, 0.6) is 5.75 Å². The van der Waals surface area contributed by atoms with Crippen molar-refractivity contribution in [3.05, 3.63) is 54.6 Å². The third-order valence-electron chi connectivity index (χ3n) is 2.17. The SMILES string of the molecule is O=C(O)Oc1ccccc1-c1ccccc1. The van der Waals surface area contributed by atoms with Crippen LogP contribution in [0, 0.1) is 0 Å². The van der Waals surface area contributed by atoms with Gasteiger partial charge in [0.1, 0.15) is 5.75 Å². The fourth-order valence-corrected chi connectivity index (χ4v) is 1.51. The average molecular weight is 214 g/mol. The Morgan fingerprint density at radius 3 is 2.25 bits per heavy atom. The average Bonchev–Trinajstić information content (AvgIpc) is 2.30. The number of carboxylic acid groups (broad SMARTS) is 1. The van der Waals surface area contributed by atoms with Gasteiger partial charge in [0.25, 0.3) is 0 Å². The molecule has 0 amide bonds. The zero-order valence-corrected chi connectivity index (χ0v) is 8.46. The van der Waals surface area contributed by atoms with Crippen molar-refractivity contribution in [2.45, 2.75) is 0 Å². The summed E-state index contributed by atoms with van der Waals surface area (Å²) >= 11 is 0. The number of benzene rings is 2. The highest BCUT2D eigenvalue weighted by molar-refractivity contribution is 5.73. The van der Waals surface area contributed by atoms with Gasteiger partial charge in [-0.2, -0.15) is 0 Å². The molecule has 0 heterocycles. The molecule has 3 heteroatoms. The van der Waals surface area contributed by atoms with Crippen LogP contribution in [-0.4, -0.2) is 11.3 Å². The molecular weight excluding hydrogens is 204 g/mol. The monoisotopic (exact) mass is 214 g/mol. The lowest BCUT2D eigenvalue weighted by Crippen LogP contribution is -2.03. The van der Waals surface area contributed by atoms with E-state index in [1.165, 1.54) is 0 Å². The Kier molecular flexibility index (Phi) is 2.87. The van der Waals surface area contributed by atoms with Crippen molar-refractivity contribution in [1.29, 1.82) is 0 Å². The fourth-order valence-electron chi connectivity index (χ4n) is 1.51. The van der Waals surface area contributed by atoms with Crippen LogP contribution < -0.4 is 4.74 Å². The third kappa shape index (κ3) is 2.20. The molecule has 0 bridgehead atoms. The lowest BCUT2D eigenvalue weighted by molar-refractivity contribution is 0.144. The zero-order chi connectivity index (χ0) is 11.4. The lowest BCUT2D eigenvalue weighted by atomic mass is 10.1. The number of carbonyl (C=O) groups is 1. The standard InChI is InChI=1S/C13H10O3/c14-13(15)16-12-9-5-4-8-11(12)10-6-2-1-3-7-10/h1-9H,(H,14,15). The normalized spacial score (nSPS) is 9.75. The van der Waals surface area contributed by atoms with E-state index in [2.05, 4.69) is 0 Å². The van der Waals surface area contributed by atoms with E-state index >= 15 is 0 Å². The number of para-hydroxylation sites is 1. The van der Waals surface area contributed by atoms with Gasteiger partial charge in [-0.15, -0.1) is 0 Å². The van der Waals surface area contributed by atoms with Gasteiger partial charge in [-0.3, -0.25) is 0 Å². The smallest absolute Gasteiger partial charge is 0.449 e. The predicted molar refractivity (Wildman–Crippen MR) is 60.5 cm³/mol. The van der Waals surface area contributed by atoms with Crippen LogP contribution in [0.4, 0.5) is 4.79 Å². The number of rotatable bonds is 2. The van der Waals surface area contributed by atoms with E-state index in [9.17, 15) is 4.79 Å². The molecule has 0 fully saturated rings. The molecule has 1 N–H and O–H groups in total. The van der Waals surface area contributed by atoms with Gasteiger partial charge in [0.15, 0.2) is 0 Å². The second-order valence-corrected chi connectivity index (χ2v) is 3.23. The minimum atomic E-state index is -1.30. The van der Waals surface area contributed by atoms with Crippen molar-refractivity contribution in [3.63, 3.8) is 0 Å². The first-order chi connectivity index (χ1) is 7.77. The highest BCUT2D eigenvalue weighted by Crippen LogP contribution is 2.29. The van der Waals surface area contributed by atoms with E-state index in [0.29, 0.717) is 5.75 Å². The molecule has 0 aliphatic carbocycles. The summed E-state index contributed by atoms with van der Waals surface area (Å²) < 4.78 is 4.72. The topological polar surface area (TPSA) is 46.5 Å². The van der Waals surface area contributed by atoms with Crippen molar-refractivity contribution in [3.8, 4) is 16.9 Å².